The van der Waals surface area contributed by atoms with Crippen LogP contribution in [0.3, 0.4) is 0 Å². The van der Waals surface area contributed by atoms with Gasteiger partial charge in [0.1, 0.15) is 6.04 Å². The standard InChI is InChI=1S/C13H26N2O3S.C12H24BN2O3S/c1-8(2)12(16)10(14)5-6-19-7-11(13(17)18)15-9(3)4;1-7(2)11(16)9(14)6-19-13-5-10(12(17)18)15-8(3)4/h8-11,15H,5-7,14H2,1-4H3,(H,17,18);7-10,15H,5-6,14H2,1-4H3,(H,17,18). The monoisotopic (exact) mass is 577 g/mol. The molecule has 0 saturated carbocycles. The molecule has 0 aliphatic carbocycles. The van der Waals surface area contributed by atoms with E-state index in [2.05, 4.69) is 10.6 Å². The number of nitrogens with one attached hydrogen (secondary N) is 2. The molecule has 4 unspecified atom stereocenters. The summed E-state index contributed by atoms with van der Waals surface area (Å²) >= 11 is 2.92. The molecule has 0 heterocycles. The Balaban J connectivity index is 0. The van der Waals surface area contributed by atoms with E-state index in [0.29, 0.717) is 30.0 Å². The molecule has 38 heavy (non-hydrogen) atoms. The van der Waals surface area contributed by atoms with Crippen LogP contribution in [0, 0.1) is 11.8 Å². The molecular formula is C25H50BN4O6S2. The van der Waals surface area contributed by atoms with Gasteiger partial charge in [-0.1, -0.05) is 55.4 Å². The molecule has 8 N–H and O–H groups in total. The summed E-state index contributed by atoms with van der Waals surface area (Å²) in [6, 6.07) is -1.82. The minimum Gasteiger partial charge on any atom is -0.480 e. The van der Waals surface area contributed by atoms with Crippen LogP contribution < -0.4 is 22.1 Å². The van der Waals surface area contributed by atoms with Gasteiger partial charge in [-0.25, -0.2) is 11.6 Å². The van der Waals surface area contributed by atoms with Crippen LogP contribution >= 0.6 is 23.4 Å². The summed E-state index contributed by atoms with van der Waals surface area (Å²) in [6.45, 7) is 16.8. The van der Waals surface area contributed by atoms with Gasteiger partial charge in [0.15, 0.2) is 18.1 Å². The number of thioether (sulfide) groups is 1. The molecule has 0 aliphatic rings. The molecule has 221 valence electrons. The molecule has 4 atom stereocenters. The Morgan fingerprint density at radius 1 is 0.737 bits per heavy atom. The lowest BCUT2D eigenvalue weighted by Crippen LogP contribution is -2.42. The van der Waals surface area contributed by atoms with Gasteiger partial charge >= 0.3 is 11.9 Å². The number of nitrogens with two attached hydrogens (primary N) is 2. The van der Waals surface area contributed by atoms with Crippen LogP contribution in [0.1, 0.15) is 61.8 Å². The highest BCUT2D eigenvalue weighted by molar-refractivity contribution is 8.22. The highest BCUT2D eigenvalue weighted by Crippen LogP contribution is 2.10. The van der Waals surface area contributed by atoms with Crippen molar-refractivity contribution in [3.8, 4) is 0 Å². The van der Waals surface area contributed by atoms with Crippen LogP contribution in [-0.4, -0.2) is 93.8 Å². The minimum atomic E-state index is -0.867. The molecule has 0 saturated heterocycles. The summed E-state index contributed by atoms with van der Waals surface area (Å²) in [5.74, 6) is -0.0486. The molecule has 0 aliphatic heterocycles. The van der Waals surface area contributed by atoms with Crippen molar-refractivity contribution in [2.75, 3.05) is 17.3 Å². The van der Waals surface area contributed by atoms with E-state index in [4.69, 9.17) is 21.7 Å². The Kier molecular flexibility index (Phi) is 22.3. The van der Waals surface area contributed by atoms with Gasteiger partial charge in [0.25, 0.3) is 0 Å². The Bertz CT molecular complexity index is 655. The number of carbonyl (C=O) groups excluding carboxylic acids is 2. The third kappa shape index (κ3) is 19.9. The number of carbonyl (C=O) groups is 4. The highest BCUT2D eigenvalue weighted by Gasteiger charge is 2.21. The average Bonchev–Trinajstić information content (AvgIpc) is 2.80. The zero-order chi connectivity index (χ0) is 30.0. The summed E-state index contributed by atoms with van der Waals surface area (Å²) in [7, 11) is 0. The SMILES string of the molecule is CC(C)NC(CSCCC(N)C(=O)C(C)C)C(=O)O.CC(C)NC(C[B]SCC(N)C(=O)C(C)C)C(=O)O. The third-order valence-corrected chi connectivity index (χ3v) is 7.19. The Morgan fingerprint density at radius 2 is 1.18 bits per heavy atom. The van der Waals surface area contributed by atoms with Crippen molar-refractivity contribution in [3.63, 3.8) is 0 Å². The van der Waals surface area contributed by atoms with Crippen molar-refractivity contribution in [3.05, 3.63) is 0 Å². The number of carboxylic acids is 2. The maximum absolute atomic E-state index is 11.6. The third-order valence-electron chi connectivity index (χ3n) is 5.12. The summed E-state index contributed by atoms with van der Waals surface area (Å²) < 4.78 is 0. The fourth-order valence-electron chi connectivity index (χ4n) is 3.06. The maximum Gasteiger partial charge on any atom is 0.321 e. The smallest absolute Gasteiger partial charge is 0.321 e. The lowest BCUT2D eigenvalue weighted by atomic mass is 9.95. The Hall–Kier alpha value is -1.12. The first-order chi connectivity index (χ1) is 17.5. The number of rotatable bonds is 20. The zero-order valence-electron chi connectivity index (χ0n) is 24.2. The molecule has 0 bridgehead atoms. The quantitative estimate of drug-likeness (QED) is 0.0913. The minimum absolute atomic E-state index is 0.0380. The first-order valence-corrected chi connectivity index (χ1v) is 15.3. The van der Waals surface area contributed by atoms with Crippen LogP contribution in [0.15, 0.2) is 0 Å². The average molecular weight is 578 g/mol. The summed E-state index contributed by atoms with van der Waals surface area (Å²) in [6.07, 6.45) is 0.996. The molecule has 0 aromatic heterocycles. The lowest BCUT2D eigenvalue weighted by molar-refractivity contribution is -0.140. The van der Waals surface area contributed by atoms with Gasteiger partial charge in [0, 0.05) is 35.4 Å². The molecule has 0 aromatic carbocycles. The first-order valence-electron chi connectivity index (χ1n) is 13.1. The Labute approximate surface area is 238 Å². The number of carboxylic acid groups (broad SMARTS) is 2. The topological polar surface area (TPSA) is 185 Å². The second-order valence-corrected chi connectivity index (χ2v) is 12.5. The van der Waals surface area contributed by atoms with Gasteiger partial charge in [-0.05, 0) is 18.5 Å². The largest absolute Gasteiger partial charge is 0.480 e. The predicted molar refractivity (Wildman–Crippen MR) is 160 cm³/mol. The van der Waals surface area contributed by atoms with Crippen LogP contribution in [0.25, 0.3) is 0 Å². The maximum atomic E-state index is 11.6. The first kappa shape index (κ1) is 39.0. The second-order valence-electron chi connectivity index (χ2n) is 10.4. The van der Waals surface area contributed by atoms with Crippen molar-refractivity contribution < 1.29 is 29.4 Å². The number of aliphatic carboxylic acids is 2. The lowest BCUT2D eigenvalue weighted by Gasteiger charge is -2.17. The molecular weight excluding hydrogens is 527 g/mol. The van der Waals surface area contributed by atoms with Crippen LogP contribution in [0.4, 0.5) is 0 Å². The van der Waals surface area contributed by atoms with E-state index in [1.165, 1.54) is 23.4 Å². The van der Waals surface area contributed by atoms with E-state index in [0.717, 1.165) is 0 Å². The molecule has 0 amide bonds. The summed E-state index contributed by atoms with van der Waals surface area (Å²) in [5, 5.41) is 24.0. The zero-order valence-corrected chi connectivity index (χ0v) is 25.9. The highest BCUT2D eigenvalue weighted by atomic mass is 32.2. The van der Waals surface area contributed by atoms with Gasteiger partial charge < -0.3 is 32.3 Å². The van der Waals surface area contributed by atoms with E-state index in [-0.39, 0.29) is 35.5 Å². The van der Waals surface area contributed by atoms with Gasteiger partial charge in [-0.3, -0.25) is 19.2 Å². The van der Waals surface area contributed by atoms with E-state index < -0.39 is 36.1 Å². The van der Waals surface area contributed by atoms with E-state index in [1.807, 2.05) is 61.9 Å². The van der Waals surface area contributed by atoms with Crippen molar-refractivity contribution in [2.24, 2.45) is 23.3 Å². The number of Topliss-reactive ketones (excluding diaryl/α,β-unsaturated/α-hetero) is 2. The van der Waals surface area contributed by atoms with Crippen molar-refractivity contribution in [1.29, 1.82) is 0 Å². The molecule has 0 fully saturated rings. The second kappa shape index (κ2) is 21.7. The molecule has 0 aromatic rings. The molecule has 0 spiro atoms. The fourth-order valence-corrected chi connectivity index (χ4v) is 4.96. The molecule has 13 heteroatoms. The number of hydrogen-bond acceptors (Lipinski definition) is 10. The van der Waals surface area contributed by atoms with Gasteiger partial charge in [-0.15, -0.1) is 0 Å². The van der Waals surface area contributed by atoms with Crippen LogP contribution in [0.2, 0.25) is 6.32 Å². The van der Waals surface area contributed by atoms with E-state index in [1.54, 1.807) is 0 Å². The van der Waals surface area contributed by atoms with Gasteiger partial charge in [0.05, 0.1) is 18.1 Å². The Morgan fingerprint density at radius 3 is 1.61 bits per heavy atom. The number of hydrogen-bond donors (Lipinski definition) is 6. The molecule has 0 rings (SSSR count). The van der Waals surface area contributed by atoms with Gasteiger partial charge in [0.2, 0.25) is 0 Å². The van der Waals surface area contributed by atoms with Crippen molar-refractivity contribution in [1.82, 2.24) is 10.6 Å². The molecule has 10 nitrogen and oxygen atoms in total. The van der Waals surface area contributed by atoms with Crippen LogP contribution in [-0.2, 0) is 19.2 Å². The van der Waals surface area contributed by atoms with Crippen molar-refractivity contribution in [2.45, 2.75) is 104 Å². The normalized spacial score (nSPS) is 14.6. The predicted octanol–water partition coefficient (Wildman–Crippen LogP) is 1.87. The van der Waals surface area contributed by atoms with Crippen LogP contribution in [0.5, 0.6) is 0 Å². The van der Waals surface area contributed by atoms with Crippen molar-refractivity contribution >= 4 is 53.4 Å². The van der Waals surface area contributed by atoms with Gasteiger partial charge in [-0.2, -0.15) is 11.8 Å². The molecule has 1 radical (unpaired) electrons. The summed E-state index contributed by atoms with van der Waals surface area (Å²) in [4.78, 5) is 45.1. The fraction of sp³-hybridized carbons (Fsp3) is 0.840. The van der Waals surface area contributed by atoms with E-state index >= 15 is 0 Å². The van der Waals surface area contributed by atoms with E-state index in [9.17, 15) is 19.2 Å². The summed E-state index contributed by atoms with van der Waals surface area (Å²) in [5.41, 5.74) is 11.5. The number of ketones is 2.